The minimum atomic E-state index is 0.564. The minimum absolute atomic E-state index is 0.564. The molecule has 1 unspecified atom stereocenters. The molecule has 10 heavy (non-hydrogen) atoms. The first-order chi connectivity index (χ1) is 4.81. The summed E-state index contributed by atoms with van der Waals surface area (Å²) in [6.45, 7) is 2.40. The van der Waals surface area contributed by atoms with Gasteiger partial charge in [0.1, 0.15) is 0 Å². The summed E-state index contributed by atoms with van der Waals surface area (Å²) in [5.74, 6) is 0. The molecule has 0 radical (unpaired) electrons. The second-order valence-electron chi connectivity index (χ2n) is 3.71. The van der Waals surface area contributed by atoms with Crippen molar-refractivity contribution < 1.29 is 0 Å². The van der Waals surface area contributed by atoms with Crippen LogP contribution >= 0.6 is 0 Å². The Hall–Kier alpha value is -0.520. The second kappa shape index (κ2) is 1.98. The Bertz CT molecular complexity index is 198. The highest BCUT2D eigenvalue weighted by Gasteiger charge is 2.31. The van der Waals surface area contributed by atoms with Crippen LogP contribution in [0.1, 0.15) is 32.6 Å². The molecule has 0 saturated heterocycles. The van der Waals surface area contributed by atoms with Gasteiger partial charge >= 0.3 is 0 Å². The highest BCUT2D eigenvalue weighted by atomic mass is 14.4. The lowest BCUT2D eigenvalue weighted by molar-refractivity contribution is 0.385. The van der Waals surface area contributed by atoms with E-state index < -0.39 is 0 Å². The number of hydrogen-bond donors (Lipinski definition) is 0. The summed E-state index contributed by atoms with van der Waals surface area (Å²) in [6, 6.07) is 0. The average Bonchev–Trinajstić information content (AvgIpc) is 2.29. The van der Waals surface area contributed by atoms with Crippen molar-refractivity contribution in [1.29, 1.82) is 0 Å². The number of hydrogen-bond acceptors (Lipinski definition) is 0. The zero-order valence-electron chi connectivity index (χ0n) is 6.56. The van der Waals surface area contributed by atoms with Crippen molar-refractivity contribution in [1.82, 2.24) is 0 Å². The Kier molecular flexibility index (Phi) is 1.23. The van der Waals surface area contributed by atoms with Crippen LogP contribution in [0.5, 0.6) is 0 Å². The third kappa shape index (κ3) is 0.749. The quantitative estimate of drug-likeness (QED) is 0.447. The van der Waals surface area contributed by atoms with Gasteiger partial charge in [-0.15, -0.1) is 0 Å². The molecule has 2 aliphatic carbocycles. The lowest BCUT2D eigenvalue weighted by Crippen LogP contribution is -2.16. The van der Waals surface area contributed by atoms with Crippen LogP contribution in [0, 0.1) is 5.41 Å². The molecule has 0 aromatic carbocycles. The Balaban J connectivity index is 2.32. The predicted octanol–water partition coefficient (Wildman–Crippen LogP) is 3.06. The first-order valence-electron chi connectivity index (χ1n) is 4.16. The van der Waals surface area contributed by atoms with Crippen molar-refractivity contribution in [3.05, 3.63) is 23.8 Å². The summed E-state index contributed by atoms with van der Waals surface area (Å²) in [4.78, 5) is 0. The van der Waals surface area contributed by atoms with Crippen molar-refractivity contribution in [2.45, 2.75) is 32.6 Å². The fourth-order valence-corrected chi connectivity index (χ4v) is 2.09. The average molecular weight is 134 g/mol. The molecule has 1 atom stereocenters. The summed E-state index contributed by atoms with van der Waals surface area (Å²) in [6.07, 6.45) is 12.3. The number of allylic oxidation sites excluding steroid dienone is 4. The summed E-state index contributed by atoms with van der Waals surface area (Å²) >= 11 is 0. The SMILES string of the molecule is CC12CC=CCC1=CCC2. The van der Waals surface area contributed by atoms with E-state index in [2.05, 4.69) is 25.2 Å². The highest BCUT2D eigenvalue weighted by Crippen LogP contribution is 2.45. The van der Waals surface area contributed by atoms with E-state index in [-0.39, 0.29) is 0 Å². The van der Waals surface area contributed by atoms with Crippen LogP contribution in [0.25, 0.3) is 0 Å². The summed E-state index contributed by atoms with van der Waals surface area (Å²) < 4.78 is 0. The van der Waals surface area contributed by atoms with Gasteiger partial charge in [-0.2, -0.15) is 0 Å². The molecule has 0 bridgehead atoms. The summed E-state index contributed by atoms with van der Waals surface area (Å²) in [5.41, 5.74) is 2.25. The van der Waals surface area contributed by atoms with Gasteiger partial charge in [0, 0.05) is 0 Å². The molecule has 0 amide bonds. The monoisotopic (exact) mass is 134 g/mol. The molecule has 0 nitrogen and oxygen atoms in total. The first-order valence-corrected chi connectivity index (χ1v) is 4.16. The van der Waals surface area contributed by atoms with Crippen LogP contribution in [0.2, 0.25) is 0 Å². The third-order valence-electron chi connectivity index (χ3n) is 2.93. The third-order valence-corrected chi connectivity index (χ3v) is 2.93. The van der Waals surface area contributed by atoms with Gasteiger partial charge in [-0.3, -0.25) is 0 Å². The molecule has 2 rings (SSSR count). The Morgan fingerprint density at radius 2 is 2.30 bits per heavy atom. The van der Waals surface area contributed by atoms with E-state index >= 15 is 0 Å². The van der Waals surface area contributed by atoms with Crippen LogP contribution in [0.15, 0.2) is 23.8 Å². The maximum atomic E-state index is 2.43. The molecule has 0 saturated carbocycles. The van der Waals surface area contributed by atoms with Gasteiger partial charge in [-0.05, 0) is 31.1 Å². The fourth-order valence-electron chi connectivity index (χ4n) is 2.09. The molecule has 0 aromatic rings. The summed E-state index contributed by atoms with van der Waals surface area (Å²) in [7, 11) is 0. The lowest BCUT2D eigenvalue weighted by atomic mass is 9.76. The van der Waals surface area contributed by atoms with E-state index in [9.17, 15) is 0 Å². The van der Waals surface area contributed by atoms with E-state index in [4.69, 9.17) is 0 Å². The molecule has 2 aliphatic rings. The molecular weight excluding hydrogens is 120 g/mol. The zero-order chi connectivity index (χ0) is 7.03. The number of rotatable bonds is 0. The highest BCUT2D eigenvalue weighted by molar-refractivity contribution is 5.26. The molecule has 0 spiro atoms. The standard InChI is InChI=1S/C10H14/c1-10-7-3-2-5-9(10)6-4-8-10/h2-3,6H,4-5,7-8H2,1H3. The van der Waals surface area contributed by atoms with Crippen LogP contribution in [0.3, 0.4) is 0 Å². The smallest absolute Gasteiger partial charge is 0.00759 e. The Morgan fingerprint density at radius 1 is 1.40 bits per heavy atom. The van der Waals surface area contributed by atoms with Crippen LogP contribution < -0.4 is 0 Å². The van der Waals surface area contributed by atoms with Crippen LogP contribution in [-0.2, 0) is 0 Å². The van der Waals surface area contributed by atoms with Gasteiger partial charge in [0.05, 0.1) is 0 Å². The van der Waals surface area contributed by atoms with Gasteiger partial charge in [-0.25, -0.2) is 0 Å². The molecule has 0 aliphatic heterocycles. The largest absolute Gasteiger partial charge is 0.0874 e. The van der Waals surface area contributed by atoms with E-state index in [1.54, 1.807) is 5.57 Å². The van der Waals surface area contributed by atoms with Crippen molar-refractivity contribution in [2.24, 2.45) is 5.41 Å². The second-order valence-corrected chi connectivity index (χ2v) is 3.71. The molecule has 54 valence electrons. The van der Waals surface area contributed by atoms with Crippen molar-refractivity contribution in [3.63, 3.8) is 0 Å². The predicted molar refractivity (Wildman–Crippen MR) is 43.8 cm³/mol. The van der Waals surface area contributed by atoms with Crippen LogP contribution in [-0.4, -0.2) is 0 Å². The van der Waals surface area contributed by atoms with E-state index in [0.717, 1.165) is 0 Å². The maximum Gasteiger partial charge on any atom is -0.00759 e. The maximum absolute atomic E-state index is 2.43. The normalized spacial score (nSPS) is 37.5. The molecule has 0 aromatic heterocycles. The topological polar surface area (TPSA) is 0 Å². The van der Waals surface area contributed by atoms with Gasteiger partial charge in [0.15, 0.2) is 0 Å². The van der Waals surface area contributed by atoms with Gasteiger partial charge in [0.2, 0.25) is 0 Å². The lowest BCUT2D eigenvalue weighted by Gasteiger charge is -2.29. The fraction of sp³-hybridized carbons (Fsp3) is 0.600. The van der Waals surface area contributed by atoms with Crippen LogP contribution in [0.4, 0.5) is 0 Å². The minimum Gasteiger partial charge on any atom is -0.0874 e. The zero-order valence-corrected chi connectivity index (χ0v) is 6.56. The molecule has 0 N–H and O–H groups in total. The van der Waals surface area contributed by atoms with E-state index in [0.29, 0.717) is 5.41 Å². The molecule has 0 heteroatoms. The van der Waals surface area contributed by atoms with E-state index in [1.165, 1.54) is 25.7 Å². The first kappa shape index (κ1) is 6.21. The van der Waals surface area contributed by atoms with Gasteiger partial charge in [-0.1, -0.05) is 30.7 Å². The summed E-state index contributed by atoms with van der Waals surface area (Å²) in [5, 5.41) is 0. The number of fused-ring (bicyclic) bond motifs is 1. The Labute approximate surface area is 62.6 Å². The molecular formula is C10H14. The van der Waals surface area contributed by atoms with Gasteiger partial charge in [0.25, 0.3) is 0 Å². The van der Waals surface area contributed by atoms with Crippen molar-refractivity contribution in [2.75, 3.05) is 0 Å². The van der Waals surface area contributed by atoms with Crippen molar-refractivity contribution in [3.8, 4) is 0 Å². The molecule has 0 fully saturated rings. The molecule has 0 heterocycles. The van der Waals surface area contributed by atoms with Gasteiger partial charge < -0.3 is 0 Å². The van der Waals surface area contributed by atoms with E-state index in [1.807, 2.05) is 0 Å². The Morgan fingerprint density at radius 3 is 3.10 bits per heavy atom. The van der Waals surface area contributed by atoms with Crippen molar-refractivity contribution >= 4 is 0 Å².